The Morgan fingerprint density at radius 3 is 2.04 bits per heavy atom. The molecule has 0 atom stereocenters. The van der Waals surface area contributed by atoms with Crippen LogP contribution in [0.15, 0.2) is 89.3 Å². The molecule has 0 spiro atoms. The molecule has 4 aromatic carbocycles. The van der Waals surface area contributed by atoms with Gasteiger partial charge in [-0.2, -0.15) is 0 Å². The number of furan rings is 1. The molecule has 6 heteroatoms. The Kier molecular flexibility index (Phi) is 11.6. The van der Waals surface area contributed by atoms with Crippen molar-refractivity contribution in [3.05, 3.63) is 96.5 Å². The molecule has 1 radical (unpaired) electrons. The van der Waals surface area contributed by atoms with Crippen molar-refractivity contribution in [2.24, 2.45) is 10.8 Å². The maximum atomic E-state index is 12.2. The van der Waals surface area contributed by atoms with Crippen LogP contribution >= 0.6 is 0 Å². The molecule has 2 aromatic heterocycles. The number of aliphatic hydroxyl groups excluding tert-OH is 1. The number of ketones is 1. The van der Waals surface area contributed by atoms with Gasteiger partial charge >= 0.3 is 0 Å². The number of nitrogens with zero attached hydrogens (tertiary/aromatic N) is 2. The molecule has 0 bridgehead atoms. The largest absolute Gasteiger partial charge is 0.512 e. The molecule has 0 aliphatic rings. The van der Waals surface area contributed by atoms with Gasteiger partial charge in [0, 0.05) is 58.9 Å². The number of aromatic nitrogens is 2. The van der Waals surface area contributed by atoms with Crippen molar-refractivity contribution in [2.45, 2.75) is 93.4 Å². The first kappa shape index (κ1) is 37.9. The number of benzene rings is 4. The average molecular weight is 834 g/mol. The summed E-state index contributed by atoms with van der Waals surface area (Å²) in [6.07, 6.45) is 6.34. The fraction of sp³-hybridized carbons (Fsp3) is 0.372. The molecule has 0 saturated heterocycles. The van der Waals surface area contributed by atoms with Crippen molar-refractivity contribution in [3.8, 4) is 11.3 Å². The van der Waals surface area contributed by atoms with Gasteiger partial charge < -0.3 is 9.52 Å². The van der Waals surface area contributed by atoms with E-state index in [2.05, 4.69) is 86.4 Å². The van der Waals surface area contributed by atoms with Gasteiger partial charge in [0.25, 0.3) is 0 Å². The van der Waals surface area contributed by atoms with E-state index >= 15 is 0 Å². The van der Waals surface area contributed by atoms with E-state index in [0.717, 1.165) is 69.5 Å². The number of carbonyl (C=O) groups excluding carboxylic acids is 1. The maximum Gasteiger partial charge on any atom is 0.223 e. The van der Waals surface area contributed by atoms with Gasteiger partial charge in [0.15, 0.2) is 5.78 Å². The third-order valence-electron chi connectivity index (χ3n) is 10.6. The van der Waals surface area contributed by atoms with Crippen LogP contribution in [0.5, 0.6) is 0 Å². The van der Waals surface area contributed by atoms with Crippen LogP contribution in [0.3, 0.4) is 0 Å². The summed E-state index contributed by atoms with van der Waals surface area (Å²) in [6.45, 7) is 18.8. The molecule has 0 unspecified atom stereocenters. The smallest absolute Gasteiger partial charge is 0.223 e. The molecule has 1 N–H and O–H groups in total. The zero-order chi connectivity index (χ0) is 34.9. The van der Waals surface area contributed by atoms with Crippen molar-refractivity contribution < 1.29 is 34.4 Å². The fourth-order valence-corrected chi connectivity index (χ4v) is 6.20. The quantitative estimate of drug-likeness (QED) is 0.0939. The van der Waals surface area contributed by atoms with E-state index in [4.69, 9.17) is 9.40 Å². The second-order valence-corrected chi connectivity index (χ2v) is 14.5. The monoisotopic (exact) mass is 834 g/mol. The minimum Gasteiger partial charge on any atom is -0.512 e. The van der Waals surface area contributed by atoms with Gasteiger partial charge in [-0.15, -0.1) is 29.1 Å². The Morgan fingerprint density at radius 1 is 0.796 bits per heavy atom. The number of allylic oxidation sites excluding steroid dienone is 2. The molecule has 0 amide bonds. The van der Waals surface area contributed by atoms with Crippen LogP contribution in [0.2, 0.25) is 0 Å². The van der Waals surface area contributed by atoms with Gasteiger partial charge in [0.2, 0.25) is 5.71 Å². The number of hydrogen-bond acceptors (Lipinski definition) is 5. The van der Waals surface area contributed by atoms with Gasteiger partial charge in [-0.1, -0.05) is 128 Å². The average Bonchev–Trinajstić information content (AvgIpc) is 3.49. The van der Waals surface area contributed by atoms with Crippen LogP contribution in [0, 0.1) is 16.9 Å². The first-order chi connectivity index (χ1) is 22.8. The Bertz CT molecular complexity index is 2130. The SMILES string of the molecule is CC(C)(C)c1cc(-c2ncnc3oc4c5ccccc5ccc4c23)[c-]c2ccccc12.CCC(C)(CC)C(=O)/C=C(\O)C(C)(CC)CC.[Ir]. The molecule has 5 nitrogen and oxygen atoms in total. The van der Waals surface area contributed by atoms with E-state index in [1.54, 1.807) is 6.33 Å². The zero-order valence-electron chi connectivity index (χ0n) is 30.3. The summed E-state index contributed by atoms with van der Waals surface area (Å²) >= 11 is 0. The first-order valence-electron chi connectivity index (χ1n) is 17.3. The Labute approximate surface area is 304 Å². The second-order valence-electron chi connectivity index (χ2n) is 14.5. The summed E-state index contributed by atoms with van der Waals surface area (Å²) < 4.78 is 6.25. The van der Waals surface area contributed by atoms with Crippen LogP contribution < -0.4 is 0 Å². The van der Waals surface area contributed by atoms with Crippen LogP contribution in [0.25, 0.3) is 54.9 Å². The molecule has 259 valence electrons. The van der Waals surface area contributed by atoms with Gasteiger partial charge in [0.05, 0.1) is 0 Å². The van der Waals surface area contributed by atoms with Crippen molar-refractivity contribution in [1.82, 2.24) is 9.97 Å². The molecular weight excluding hydrogens is 785 g/mol. The molecule has 6 aromatic rings. The van der Waals surface area contributed by atoms with E-state index in [0.29, 0.717) is 5.71 Å². The predicted molar refractivity (Wildman–Crippen MR) is 200 cm³/mol. The van der Waals surface area contributed by atoms with Gasteiger partial charge in [-0.3, -0.25) is 9.78 Å². The maximum absolute atomic E-state index is 12.2. The summed E-state index contributed by atoms with van der Waals surface area (Å²) in [6, 6.07) is 26.8. The first-order valence-corrected chi connectivity index (χ1v) is 17.3. The van der Waals surface area contributed by atoms with E-state index in [1.165, 1.54) is 17.0 Å². The molecule has 0 fully saturated rings. The third-order valence-corrected chi connectivity index (χ3v) is 10.6. The van der Waals surface area contributed by atoms with Crippen molar-refractivity contribution >= 4 is 49.4 Å². The van der Waals surface area contributed by atoms with Gasteiger partial charge in [0.1, 0.15) is 17.7 Å². The topological polar surface area (TPSA) is 76.2 Å². The summed E-state index contributed by atoms with van der Waals surface area (Å²) in [5, 5.41) is 16.7. The van der Waals surface area contributed by atoms with E-state index in [1.807, 2.05) is 53.7 Å². The van der Waals surface area contributed by atoms with Crippen LogP contribution in [0.4, 0.5) is 0 Å². The predicted octanol–water partition coefficient (Wildman–Crippen LogP) is 12.1. The normalized spacial score (nSPS) is 12.6. The number of rotatable bonds is 8. The Morgan fingerprint density at radius 2 is 1.41 bits per heavy atom. The van der Waals surface area contributed by atoms with E-state index < -0.39 is 0 Å². The van der Waals surface area contributed by atoms with Crippen LogP contribution in [-0.4, -0.2) is 20.9 Å². The minimum atomic E-state index is -0.337. The molecule has 2 heterocycles. The molecular formula is C43H49IrN2O3-. The van der Waals surface area contributed by atoms with E-state index in [-0.39, 0.29) is 47.9 Å². The van der Waals surface area contributed by atoms with Gasteiger partial charge in [-0.05, 0) is 36.5 Å². The molecule has 0 saturated carbocycles. The number of aliphatic hydroxyl groups is 1. The molecule has 49 heavy (non-hydrogen) atoms. The number of carbonyl (C=O) groups is 1. The summed E-state index contributed by atoms with van der Waals surface area (Å²) in [5.74, 6) is 0.286. The van der Waals surface area contributed by atoms with Gasteiger partial charge in [-0.25, -0.2) is 4.98 Å². The summed E-state index contributed by atoms with van der Waals surface area (Å²) in [7, 11) is 0. The van der Waals surface area contributed by atoms with Crippen LogP contribution in [0.1, 0.15) is 93.6 Å². The van der Waals surface area contributed by atoms with Crippen molar-refractivity contribution in [3.63, 3.8) is 0 Å². The number of fused-ring (bicyclic) bond motifs is 6. The third kappa shape index (κ3) is 7.37. The Balaban J connectivity index is 0.000000260. The summed E-state index contributed by atoms with van der Waals surface area (Å²) in [4.78, 5) is 21.3. The van der Waals surface area contributed by atoms with Crippen molar-refractivity contribution in [1.29, 1.82) is 0 Å². The second kappa shape index (κ2) is 14.9. The summed E-state index contributed by atoms with van der Waals surface area (Å²) in [5.41, 5.74) is 3.95. The van der Waals surface area contributed by atoms with E-state index in [9.17, 15) is 9.90 Å². The Hall–Kier alpha value is -3.86. The van der Waals surface area contributed by atoms with Crippen molar-refractivity contribution in [2.75, 3.05) is 0 Å². The minimum absolute atomic E-state index is 0. The zero-order valence-corrected chi connectivity index (χ0v) is 32.7. The fourth-order valence-electron chi connectivity index (χ4n) is 6.20. The standard InChI is InChI=1S/C28H21N2O.C15H28O2.Ir/c1-28(2,3)23-15-19(14-18-9-5-6-10-20(18)23)25-24-22-13-12-17-8-4-7-11-21(17)26(22)31-27(24)30-16-29-25;1-7-14(5,8-2)12(16)11-13(17)15(6,9-3)10-4;/h4-13,15-16H,1-3H3;11,16H,7-10H2,1-6H3;/q-1;;/b;12-11-;. The molecule has 0 aliphatic heterocycles. The number of hydrogen-bond donors (Lipinski definition) is 1. The molecule has 6 rings (SSSR count). The molecule has 0 aliphatic carbocycles. The van der Waals surface area contributed by atoms with Crippen LogP contribution in [-0.2, 0) is 30.3 Å².